The molecule has 0 saturated heterocycles. The van der Waals surface area contributed by atoms with Crippen LogP contribution in [0.25, 0.3) is 0 Å². The molecule has 3 aromatic carbocycles. The number of hydrogen-bond acceptors (Lipinski definition) is 8. The van der Waals surface area contributed by atoms with Gasteiger partial charge >= 0.3 is 0 Å². The summed E-state index contributed by atoms with van der Waals surface area (Å²) < 4.78 is 40.5. The minimum atomic E-state index is -4.72. The van der Waals surface area contributed by atoms with Gasteiger partial charge < -0.3 is 9.84 Å². The van der Waals surface area contributed by atoms with Crippen molar-refractivity contribution in [1.29, 1.82) is 0 Å². The first kappa shape index (κ1) is 37.7. The average Bonchev–Trinajstić information content (AvgIpc) is 3.40. The van der Waals surface area contributed by atoms with Gasteiger partial charge in [-0.05, 0) is 55.3 Å². The number of hydrazone groups is 1. The second-order valence-electron chi connectivity index (χ2n) is 12.6. The maximum atomic E-state index is 13.7. The van der Waals surface area contributed by atoms with Gasteiger partial charge in [0, 0.05) is 6.07 Å². The van der Waals surface area contributed by atoms with Gasteiger partial charge in [0.1, 0.15) is 22.1 Å². The van der Waals surface area contributed by atoms with Gasteiger partial charge in [0.25, 0.3) is 16.0 Å². The third-order valence-electron chi connectivity index (χ3n) is 8.56. The van der Waals surface area contributed by atoms with E-state index in [0.717, 1.165) is 30.3 Å². The number of hydrogen-bond donors (Lipinski definition) is 2. The fraction of sp³-hybridized carbons (Fsp3) is 0.474. The molecule has 0 radical (unpaired) electrons. The van der Waals surface area contributed by atoms with Gasteiger partial charge in [-0.1, -0.05) is 121 Å². The largest absolute Gasteiger partial charge is 0.508 e. The van der Waals surface area contributed by atoms with E-state index in [2.05, 4.69) is 22.3 Å². The molecule has 11 heteroatoms. The first-order valence-corrected chi connectivity index (χ1v) is 19.2. The van der Waals surface area contributed by atoms with E-state index in [1.54, 1.807) is 42.5 Å². The van der Waals surface area contributed by atoms with Gasteiger partial charge in [-0.25, -0.2) is 0 Å². The minimum absolute atomic E-state index is 0.0260. The number of rotatable bonds is 22. The normalized spacial score (nSPS) is 14.9. The van der Waals surface area contributed by atoms with Crippen LogP contribution in [0.2, 0.25) is 0 Å². The number of aromatic hydroxyl groups is 1. The van der Waals surface area contributed by atoms with Crippen LogP contribution in [-0.2, 0) is 14.9 Å². The minimum Gasteiger partial charge on any atom is -0.508 e. The van der Waals surface area contributed by atoms with Crippen molar-refractivity contribution in [3.63, 3.8) is 0 Å². The second kappa shape index (κ2) is 19.8. The van der Waals surface area contributed by atoms with Crippen LogP contribution in [0.1, 0.15) is 110 Å². The van der Waals surface area contributed by atoms with Crippen LogP contribution < -0.4 is 9.75 Å². The van der Waals surface area contributed by atoms with Gasteiger partial charge in [-0.3, -0.25) is 9.35 Å². The summed E-state index contributed by atoms with van der Waals surface area (Å²) in [6, 6.07) is 17.9. The second-order valence-corrected chi connectivity index (χ2v) is 14.0. The Morgan fingerprint density at radius 2 is 1.39 bits per heavy atom. The monoisotopic (exact) mass is 690 g/mol. The summed E-state index contributed by atoms with van der Waals surface area (Å²) in [4.78, 5) is 13.2. The summed E-state index contributed by atoms with van der Waals surface area (Å²) in [6.45, 7) is 2.25. The molecular formula is C38H50N4O6S. The molecule has 1 heterocycles. The molecule has 0 spiro atoms. The first-order chi connectivity index (χ1) is 23.8. The third-order valence-corrected chi connectivity index (χ3v) is 9.44. The molecular weight excluding hydrogens is 641 g/mol. The third kappa shape index (κ3) is 12.4. The number of amides is 1. The number of unbranched alkanes of at least 4 members (excludes halogenated alkanes) is 14. The van der Waals surface area contributed by atoms with Crippen LogP contribution in [0.15, 0.2) is 93.0 Å². The van der Waals surface area contributed by atoms with Crippen molar-refractivity contribution in [1.82, 2.24) is 0 Å². The highest BCUT2D eigenvalue weighted by Gasteiger charge is 2.37. The van der Waals surface area contributed by atoms with Crippen LogP contribution >= 0.6 is 0 Å². The lowest BCUT2D eigenvalue weighted by molar-refractivity contribution is -0.117. The number of ether oxygens (including phenoxy) is 1. The smallest absolute Gasteiger partial charge is 0.298 e. The number of para-hydroxylation sites is 1. The number of azo groups is 1. The molecule has 1 aliphatic rings. The number of phenols is 1. The highest BCUT2D eigenvalue weighted by molar-refractivity contribution is 7.86. The van der Waals surface area contributed by atoms with Gasteiger partial charge in [-0.2, -0.15) is 28.8 Å². The molecule has 264 valence electrons. The zero-order chi connectivity index (χ0) is 34.9. The predicted molar refractivity (Wildman–Crippen MR) is 194 cm³/mol. The highest BCUT2D eigenvalue weighted by atomic mass is 32.2. The Bertz CT molecular complexity index is 1640. The van der Waals surface area contributed by atoms with Gasteiger partial charge in [0.2, 0.25) is 0 Å². The van der Waals surface area contributed by atoms with E-state index >= 15 is 0 Å². The van der Waals surface area contributed by atoms with E-state index in [4.69, 9.17) is 4.74 Å². The Kier molecular flexibility index (Phi) is 15.2. The maximum absolute atomic E-state index is 13.7. The van der Waals surface area contributed by atoms with E-state index in [1.807, 2.05) is 0 Å². The Balaban J connectivity index is 1.36. The summed E-state index contributed by atoms with van der Waals surface area (Å²) in [5.41, 5.74) is 1.04. The van der Waals surface area contributed by atoms with E-state index < -0.39 is 27.0 Å². The quantitative estimate of drug-likeness (QED) is 0.0610. The highest BCUT2D eigenvalue weighted by Crippen LogP contribution is 2.34. The standard InChI is InChI=1S/C38H50N4O6S/c1-2-3-4-5-6-7-8-9-10-11-12-13-14-15-19-25-34-37(40-39-30-21-20-22-32(43)28-30)38(44)42(41-34)31-26-27-35(36(29-31)49(45,46)47)48-33-23-17-16-18-24-33/h16-18,20-24,26-29,37,43H,2-15,19,25H2,1H3,(H,45,46,47). The van der Waals surface area contributed by atoms with Crippen molar-refractivity contribution in [2.75, 3.05) is 5.01 Å². The summed E-state index contributed by atoms with van der Waals surface area (Å²) in [7, 11) is -4.72. The molecule has 10 nitrogen and oxygen atoms in total. The molecule has 49 heavy (non-hydrogen) atoms. The molecule has 0 bridgehead atoms. The Morgan fingerprint density at radius 3 is 1.98 bits per heavy atom. The molecule has 0 aliphatic carbocycles. The van der Waals surface area contributed by atoms with Crippen molar-refractivity contribution >= 4 is 33.1 Å². The summed E-state index contributed by atoms with van der Waals surface area (Å²) in [5.74, 6) is -0.184. The zero-order valence-electron chi connectivity index (χ0n) is 28.5. The molecule has 4 rings (SSSR count). The van der Waals surface area contributed by atoms with Gasteiger partial charge in [0.05, 0.1) is 17.1 Å². The number of anilines is 1. The molecule has 0 aromatic heterocycles. The van der Waals surface area contributed by atoms with Gasteiger partial charge in [0.15, 0.2) is 6.04 Å². The van der Waals surface area contributed by atoms with E-state index in [-0.39, 0.29) is 17.2 Å². The predicted octanol–water partition coefficient (Wildman–Crippen LogP) is 10.5. The van der Waals surface area contributed by atoms with Crippen molar-refractivity contribution in [3.05, 3.63) is 72.8 Å². The first-order valence-electron chi connectivity index (χ1n) is 17.7. The Labute approximate surface area is 291 Å². The number of carbonyl (C=O) groups is 1. The molecule has 1 unspecified atom stereocenters. The number of nitrogens with zero attached hydrogens (tertiary/aromatic N) is 4. The summed E-state index contributed by atoms with van der Waals surface area (Å²) >= 11 is 0. The van der Waals surface area contributed by atoms with Crippen LogP contribution in [-0.4, -0.2) is 35.7 Å². The van der Waals surface area contributed by atoms with Crippen LogP contribution in [0.5, 0.6) is 17.2 Å². The molecule has 1 aliphatic heterocycles. The number of phenolic OH excluding ortho intramolecular Hbond substituents is 1. The fourth-order valence-corrected chi connectivity index (χ4v) is 6.50. The average molecular weight is 691 g/mol. The summed E-state index contributed by atoms with van der Waals surface area (Å²) in [5, 5.41) is 24.0. The van der Waals surface area contributed by atoms with Crippen molar-refractivity contribution < 1.29 is 27.6 Å². The lowest BCUT2D eigenvalue weighted by Gasteiger charge is -2.15. The molecule has 1 atom stereocenters. The van der Waals surface area contributed by atoms with E-state index in [1.165, 1.54) is 101 Å². The number of carbonyl (C=O) groups excluding carboxylic acids is 1. The Morgan fingerprint density at radius 1 is 0.776 bits per heavy atom. The van der Waals surface area contributed by atoms with Crippen molar-refractivity contribution in [2.45, 2.75) is 121 Å². The summed E-state index contributed by atoms with van der Waals surface area (Å²) in [6.07, 6.45) is 19.2. The maximum Gasteiger partial charge on any atom is 0.298 e. The van der Waals surface area contributed by atoms with Crippen LogP contribution in [0.3, 0.4) is 0 Å². The molecule has 0 fully saturated rings. The van der Waals surface area contributed by atoms with E-state index in [0.29, 0.717) is 23.6 Å². The van der Waals surface area contributed by atoms with Crippen molar-refractivity contribution in [2.24, 2.45) is 15.3 Å². The lowest BCUT2D eigenvalue weighted by Crippen LogP contribution is -2.30. The zero-order valence-corrected chi connectivity index (χ0v) is 29.4. The molecule has 1 amide bonds. The molecule has 2 N–H and O–H groups in total. The fourth-order valence-electron chi connectivity index (χ4n) is 5.87. The molecule has 0 saturated carbocycles. The van der Waals surface area contributed by atoms with Crippen LogP contribution in [0, 0.1) is 0 Å². The number of benzene rings is 3. The lowest BCUT2D eigenvalue weighted by atomic mass is 10.0. The Hall–Kier alpha value is -4.09. The van der Waals surface area contributed by atoms with Crippen molar-refractivity contribution in [3.8, 4) is 17.2 Å². The molecule has 3 aromatic rings. The van der Waals surface area contributed by atoms with Gasteiger partial charge in [-0.15, -0.1) is 0 Å². The van der Waals surface area contributed by atoms with E-state index in [9.17, 15) is 22.9 Å². The van der Waals surface area contributed by atoms with Crippen LogP contribution in [0.4, 0.5) is 11.4 Å². The SMILES string of the molecule is CCCCCCCCCCCCCCCCCC1=NN(c2ccc(Oc3ccccc3)c(S(=O)(=O)O)c2)C(=O)C1N=Nc1cccc(O)c1. The topological polar surface area (TPSA) is 141 Å².